The smallest absolute Gasteiger partial charge is 0.243 e. The van der Waals surface area contributed by atoms with E-state index in [9.17, 15) is 13.5 Å². The molecule has 9 heteroatoms. The van der Waals surface area contributed by atoms with Crippen LogP contribution in [0.25, 0.3) is 0 Å². The van der Waals surface area contributed by atoms with Gasteiger partial charge in [0.15, 0.2) is 5.11 Å². The number of rotatable bonds is 7. The standard InChI is InChI=1S/C15H23N3O3S3/c1-23-10-4-7-16-15(22)17-13-11-12(5-6-14(13)19)24(20,21)18-8-2-3-9-18/h5-6,11,19H,2-4,7-10H2,1H3,(H2,16,17,22). The van der Waals surface area contributed by atoms with E-state index in [1.54, 1.807) is 11.8 Å². The van der Waals surface area contributed by atoms with Gasteiger partial charge < -0.3 is 15.7 Å². The van der Waals surface area contributed by atoms with Gasteiger partial charge in [-0.2, -0.15) is 16.1 Å². The van der Waals surface area contributed by atoms with E-state index in [0.717, 1.165) is 31.6 Å². The van der Waals surface area contributed by atoms with Crippen molar-refractivity contribution in [1.29, 1.82) is 0 Å². The highest BCUT2D eigenvalue weighted by Crippen LogP contribution is 2.29. The zero-order valence-electron chi connectivity index (χ0n) is 13.6. The van der Waals surface area contributed by atoms with Gasteiger partial charge in [-0.15, -0.1) is 0 Å². The molecule has 1 aliphatic heterocycles. The molecular weight excluding hydrogens is 366 g/mol. The molecule has 0 aliphatic carbocycles. The maximum absolute atomic E-state index is 12.6. The number of thiocarbonyl (C=S) groups is 1. The van der Waals surface area contributed by atoms with Crippen molar-refractivity contribution in [2.75, 3.05) is 37.0 Å². The summed E-state index contributed by atoms with van der Waals surface area (Å²) < 4.78 is 26.7. The monoisotopic (exact) mass is 389 g/mol. The quantitative estimate of drug-likeness (QED) is 0.375. The van der Waals surface area contributed by atoms with Crippen molar-refractivity contribution in [3.63, 3.8) is 0 Å². The Morgan fingerprint density at radius 1 is 1.38 bits per heavy atom. The van der Waals surface area contributed by atoms with Gasteiger partial charge in [0.25, 0.3) is 0 Å². The number of benzene rings is 1. The molecule has 0 amide bonds. The van der Waals surface area contributed by atoms with Crippen molar-refractivity contribution in [1.82, 2.24) is 9.62 Å². The molecule has 24 heavy (non-hydrogen) atoms. The van der Waals surface area contributed by atoms with Crippen LogP contribution in [0.4, 0.5) is 5.69 Å². The number of anilines is 1. The van der Waals surface area contributed by atoms with Gasteiger partial charge in [-0.3, -0.25) is 0 Å². The van der Waals surface area contributed by atoms with E-state index < -0.39 is 10.0 Å². The first kappa shape index (κ1) is 19.3. The van der Waals surface area contributed by atoms with E-state index in [4.69, 9.17) is 12.2 Å². The molecule has 0 atom stereocenters. The van der Waals surface area contributed by atoms with Crippen molar-refractivity contribution in [3.8, 4) is 5.75 Å². The van der Waals surface area contributed by atoms with Crippen LogP contribution in [-0.4, -0.2) is 54.6 Å². The molecule has 0 saturated carbocycles. The zero-order valence-corrected chi connectivity index (χ0v) is 16.1. The first-order chi connectivity index (χ1) is 11.4. The maximum atomic E-state index is 12.6. The summed E-state index contributed by atoms with van der Waals surface area (Å²) in [6.45, 7) is 1.81. The van der Waals surface area contributed by atoms with E-state index in [-0.39, 0.29) is 16.3 Å². The molecule has 3 N–H and O–H groups in total. The Hall–Kier alpha value is -1.03. The molecule has 1 aliphatic rings. The molecule has 6 nitrogen and oxygen atoms in total. The lowest BCUT2D eigenvalue weighted by atomic mass is 10.3. The Morgan fingerprint density at radius 3 is 2.75 bits per heavy atom. The number of nitrogens with zero attached hydrogens (tertiary/aromatic N) is 1. The molecule has 1 saturated heterocycles. The predicted molar refractivity (Wildman–Crippen MR) is 103 cm³/mol. The van der Waals surface area contributed by atoms with Crippen molar-refractivity contribution in [2.45, 2.75) is 24.2 Å². The lowest BCUT2D eigenvalue weighted by Gasteiger charge is -2.17. The maximum Gasteiger partial charge on any atom is 0.243 e. The molecular formula is C15H23N3O3S3. The van der Waals surface area contributed by atoms with Gasteiger partial charge in [0.05, 0.1) is 10.6 Å². The van der Waals surface area contributed by atoms with E-state index >= 15 is 0 Å². The second-order valence-electron chi connectivity index (χ2n) is 5.52. The van der Waals surface area contributed by atoms with E-state index in [1.165, 1.54) is 22.5 Å². The first-order valence-corrected chi connectivity index (χ1v) is 11.1. The molecule has 134 valence electrons. The van der Waals surface area contributed by atoms with Crippen LogP contribution in [0.15, 0.2) is 23.1 Å². The van der Waals surface area contributed by atoms with Crippen LogP contribution in [0.5, 0.6) is 5.75 Å². The summed E-state index contributed by atoms with van der Waals surface area (Å²) in [6.07, 6.45) is 4.78. The summed E-state index contributed by atoms with van der Waals surface area (Å²) in [5.41, 5.74) is 0.289. The fourth-order valence-corrected chi connectivity index (χ4v) is 4.63. The average molecular weight is 390 g/mol. The minimum Gasteiger partial charge on any atom is -0.506 e. The highest BCUT2D eigenvalue weighted by atomic mass is 32.2. The van der Waals surface area contributed by atoms with Crippen LogP contribution >= 0.6 is 24.0 Å². The van der Waals surface area contributed by atoms with Crippen LogP contribution < -0.4 is 10.6 Å². The third-order valence-electron chi connectivity index (χ3n) is 3.73. The molecule has 0 radical (unpaired) electrons. The van der Waals surface area contributed by atoms with Crippen LogP contribution in [0.1, 0.15) is 19.3 Å². The SMILES string of the molecule is CSCCCNC(=S)Nc1cc(S(=O)(=O)N2CCCC2)ccc1O. The number of phenols is 1. The van der Waals surface area contributed by atoms with E-state index in [1.807, 2.05) is 6.26 Å². The minimum atomic E-state index is -3.52. The molecule has 1 heterocycles. The predicted octanol–water partition coefficient (Wildman–Crippen LogP) is 2.22. The lowest BCUT2D eigenvalue weighted by molar-refractivity contribution is 0.473. The number of aromatic hydroxyl groups is 1. The number of sulfonamides is 1. The zero-order chi connectivity index (χ0) is 17.6. The molecule has 0 aromatic heterocycles. The fraction of sp³-hybridized carbons (Fsp3) is 0.533. The highest BCUT2D eigenvalue weighted by molar-refractivity contribution is 7.98. The second kappa shape index (κ2) is 8.89. The van der Waals surface area contributed by atoms with Crippen LogP contribution in [0.2, 0.25) is 0 Å². The van der Waals surface area contributed by atoms with Gasteiger partial charge in [0.1, 0.15) is 5.75 Å². The van der Waals surface area contributed by atoms with Gasteiger partial charge in [0.2, 0.25) is 10.0 Å². The Morgan fingerprint density at radius 2 is 2.08 bits per heavy atom. The van der Waals surface area contributed by atoms with Crippen LogP contribution in [0.3, 0.4) is 0 Å². The number of phenolic OH excluding ortho intramolecular Hbond substituents is 1. The second-order valence-corrected chi connectivity index (χ2v) is 8.85. The number of nitrogens with one attached hydrogen (secondary N) is 2. The molecule has 1 aromatic rings. The molecule has 1 fully saturated rings. The first-order valence-electron chi connectivity index (χ1n) is 7.82. The van der Waals surface area contributed by atoms with E-state index in [2.05, 4.69) is 10.6 Å². The van der Waals surface area contributed by atoms with Crippen molar-refractivity contribution in [2.24, 2.45) is 0 Å². The summed E-state index contributed by atoms with van der Waals surface area (Å²) in [4.78, 5) is 0.162. The highest BCUT2D eigenvalue weighted by Gasteiger charge is 2.27. The van der Waals surface area contributed by atoms with E-state index in [0.29, 0.717) is 18.2 Å². The summed E-state index contributed by atoms with van der Waals surface area (Å²) in [5, 5.41) is 16.2. The minimum absolute atomic E-state index is 0.0383. The Labute approximate surface area is 153 Å². The summed E-state index contributed by atoms with van der Waals surface area (Å²) in [7, 11) is -3.52. The normalized spacial score (nSPS) is 15.4. The third kappa shape index (κ3) is 4.98. The van der Waals surface area contributed by atoms with Gasteiger partial charge in [-0.1, -0.05) is 0 Å². The van der Waals surface area contributed by atoms with Gasteiger partial charge in [-0.05, 0) is 61.7 Å². The molecule has 0 spiro atoms. The third-order valence-corrected chi connectivity index (χ3v) is 6.57. The van der Waals surface area contributed by atoms with Crippen LogP contribution in [-0.2, 0) is 10.0 Å². The molecule has 0 unspecified atom stereocenters. The number of hydrogen-bond acceptors (Lipinski definition) is 5. The number of thioether (sulfide) groups is 1. The average Bonchev–Trinajstić information content (AvgIpc) is 3.09. The molecule has 1 aromatic carbocycles. The van der Waals surface area contributed by atoms with Gasteiger partial charge >= 0.3 is 0 Å². The van der Waals surface area contributed by atoms with Crippen molar-refractivity contribution in [3.05, 3.63) is 18.2 Å². The van der Waals surface area contributed by atoms with Gasteiger partial charge in [0, 0.05) is 19.6 Å². The lowest BCUT2D eigenvalue weighted by Crippen LogP contribution is -2.30. The van der Waals surface area contributed by atoms with Crippen molar-refractivity contribution >= 4 is 44.8 Å². The summed E-state index contributed by atoms with van der Waals surface area (Å²) in [6, 6.07) is 4.23. The van der Waals surface area contributed by atoms with Gasteiger partial charge in [-0.25, -0.2) is 8.42 Å². The summed E-state index contributed by atoms with van der Waals surface area (Å²) >= 11 is 6.95. The number of hydrogen-bond donors (Lipinski definition) is 3. The Bertz CT molecular complexity index is 674. The Balaban J connectivity index is 2.07. The summed E-state index contributed by atoms with van der Waals surface area (Å²) in [5.74, 6) is 0.994. The molecule has 2 rings (SSSR count). The fourth-order valence-electron chi connectivity index (χ4n) is 2.44. The largest absolute Gasteiger partial charge is 0.506 e. The Kier molecular flexibility index (Phi) is 7.15. The topological polar surface area (TPSA) is 81.7 Å². The molecule has 0 bridgehead atoms. The van der Waals surface area contributed by atoms with Crippen LogP contribution in [0, 0.1) is 0 Å². The van der Waals surface area contributed by atoms with Crippen molar-refractivity contribution < 1.29 is 13.5 Å².